The third kappa shape index (κ3) is 12.5. The molecule has 0 fully saturated rings. The molecule has 0 amide bonds. The fraction of sp³-hybridized carbons (Fsp3) is 1.00. The molecule has 0 aromatic rings. The Morgan fingerprint density at radius 2 is 1.07 bits per heavy atom. The molecule has 0 atom stereocenters. The molecule has 0 heterocycles. The fourth-order valence-corrected chi connectivity index (χ4v) is 2.99. The van der Waals surface area contributed by atoms with Crippen molar-refractivity contribution in [2.24, 2.45) is 0 Å². The second-order valence-electron chi connectivity index (χ2n) is 2.89. The Balaban J connectivity index is 2.92. The van der Waals surface area contributed by atoms with E-state index in [0.29, 0.717) is 12.8 Å². The van der Waals surface area contributed by atoms with Crippen molar-refractivity contribution >= 4 is 21.6 Å². The van der Waals surface area contributed by atoms with Crippen molar-refractivity contribution in [1.29, 1.82) is 0 Å². The van der Waals surface area contributed by atoms with Crippen molar-refractivity contribution in [1.82, 2.24) is 0 Å². The van der Waals surface area contributed by atoms with Crippen LogP contribution in [0.1, 0.15) is 25.7 Å². The van der Waals surface area contributed by atoms with Crippen molar-refractivity contribution in [3.05, 3.63) is 0 Å². The van der Waals surface area contributed by atoms with E-state index in [-0.39, 0.29) is 0 Å². The highest BCUT2D eigenvalue weighted by Crippen LogP contribution is 2.23. The van der Waals surface area contributed by atoms with Crippen LogP contribution in [0, 0.1) is 0 Å². The summed E-state index contributed by atoms with van der Waals surface area (Å²) in [6.07, 6.45) is 0.0390. The van der Waals surface area contributed by atoms with Gasteiger partial charge in [-0.25, -0.2) is 0 Å². The third-order valence-electron chi connectivity index (χ3n) is 1.46. The highest BCUT2D eigenvalue weighted by molar-refractivity contribution is 8.76. The van der Waals surface area contributed by atoms with Crippen LogP contribution in [0.5, 0.6) is 0 Å². The van der Waals surface area contributed by atoms with Gasteiger partial charge in [-0.1, -0.05) is 21.6 Å². The van der Waals surface area contributed by atoms with Gasteiger partial charge in [-0.2, -0.15) is 0 Å². The molecule has 14 heavy (non-hydrogen) atoms. The van der Waals surface area contributed by atoms with Crippen LogP contribution in [0.2, 0.25) is 0 Å². The van der Waals surface area contributed by atoms with Crippen LogP contribution in [0.4, 0.5) is 0 Å². The van der Waals surface area contributed by atoms with Gasteiger partial charge in [0.05, 0.1) is 0 Å². The quantitative estimate of drug-likeness (QED) is 0.269. The zero-order chi connectivity index (χ0) is 10.8. The Labute approximate surface area is 92.1 Å². The zero-order valence-electron chi connectivity index (χ0n) is 8.00. The lowest BCUT2D eigenvalue weighted by atomic mass is 10.3. The van der Waals surface area contributed by atoms with Crippen molar-refractivity contribution in [3.8, 4) is 0 Å². The number of rotatable bonds is 9. The van der Waals surface area contributed by atoms with Crippen LogP contribution < -0.4 is 0 Å². The maximum atomic E-state index is 8.54. The van der Waals surface area contributed by atoms with Crippen LogP contribution in [-0.4, -0.2) is 44.5 Å². The molecule has 0 radical (unpaired) electrons. The number of hydrogen-bond donors (Lipinski definition) is 4. The number of hydrogen-bond acceptors (Lipinski definition) is 6. The molecule has 0 unspecified atom stereocenters. The van der Waals surface area contributed by atoms with E-state index in [4.69, 9.17) is 20.4 Å². The first kappa shape index (κ1) is 14.5. The molecule has 0 aromatic carbocycles. The molecule has 6 heteroatoms. The lowest BCUT2D eigenvalue weighted by Crippen LogP contribution is -2.04. The summed E-state index contributed by atoms with van der Waals surface area (Å²) in [5.74, 6) is 1.79. The topological polar surface area (TPSA) is 80.9 Å². The van der Waals surface area contributed by atoms with Crippen LogP contribution in [0.15, 0.2) is 0 Å². The van der Waals surface area contributed by atoms with Crippen LogP contribution >= 0.6 is 21.6 Å². The molecular formula is C8H18O4S2. The number of aliphatic hydroxyl groups excluding tert-OH is 2. The van der Waals surface area contributed by atoms with Gasteiger partial charge in [0, 0.05) is 11.5 Å². The first-order chi connectivity index (χ1) is 6.63. The molecule has 0 aliphatic rings. The minimum absolute atomic E-state index is 0.420. The smallest absolute Gasteiger partial charge is 0.151 e. The van der Waals surface area contributed by atoms with Gasteiger partial charge in [0.15, 0.2) is 12.6 Å². The molecule has 0 rings (SSSR count). The first-order valence-electron chi connectivity index (χ1n) is 4.59. The van der Waals surface area contributed by atoms with Gasteiger partial charge in [-0.3, -0.25) is 0 Å². The highest BCUT2D eigenvalue weighted by atomic mass is 33.1. The molecule has 4 nitrogen and oxygen atoms in total. The summed E-state index contributed by atoms with van der Waals surface area (Å²) in [5, 5.41) is 34.2. The maximum absolute atomic E-state index is 8.54. The van der Waals surface area contributed by atoms with E-state index in [1.165, 1.54) is 0 Å². The van der Waals surface area contributed by atoms with Gasteiger partial charge < -0.3 is 20.4 Å². The molecule has 86 valence electrons. The molecule has 0 aliphatic carbocycles. The monoisotopic (exact) mass is 242 g/mol. The second kappa shape index (κ2) is 10.1. The SMILES string of the molecule is OC(O)CCCSSCCCC(O)O. The van der Waals surface area contributed by atoms with E-state index < -0.39 is 12.6 Å². The van der Waals surface area contributed by atoms with Gasteiger partial charge in [0.25, 0.3) is 0 Å². The predicted octanol–water partition coefficient (Wildman–Crippen LogP) is 0.550. The van der Waals surface area contributed by atoms with Crippen LogP contribution in [0.25, 0.3) is 0 Å². The Kier molecular flexibility index (Phi) is 10.5. The van der Waals surface area contributed by atoms with E-state index in [9.17, 15) is 0 Å². The minimum atomic E-state index is -1.19. The summed E-state index contributed by atoms with van der Waals surface area (Å²) in [6, 6.07) is 0. The second-order valence-corrected chi connectivity index (χ2v) is 5.59. The normalized spacial score (nSPS) is 11.6. The molecule has 0 aromatic heterocycles. The molecule has 0 saturated heterocycles. The van der Waals surface area contributed by atoms with Crippen molar-refractivity contribution in [2.45, 2.75) is 38.3 Å². The molecule has 0 aliphatic heterocycles. The molecular weight excluding hydrogens is 224 g/mol. The summed E-state index contributed by atoms with van der Waals surface area (Å²) in [4.78, 5) is 0. The van der Waals surface area contributed by atoms with E-state index in [1.54, 1.807) is 21.6 Å². The molecule has 0 saturated carbocycles. The maximum Gasteiger partial charge on any atom is 0.151 e. The first-order valence-corrected chi connectivity index (χ1v) is 7.08. The largest absolute Gasteiger partial charge is 0.368 e. The summed E-state index contributed by atoms with van der Waals surface area (Å²) >= 11 is 0. The Morgan fingerprint density at radius 1 is 0.714 bits per heavy atom. The average molecular weight is 242 g/mol. The fourth-order valence-electron chi connectivity index (χ4n) is 0.768. The zero-order valence-corrected chi connectivity index (χ0v) is 9.64. The minimum Gasteiger partial charge on any atom is -0.368 e. The number of aliphatic hydroxyl groups is 4. The van der Waals surface area contributed by atoms with Gasteiger partial charge in [0.1, 0.15) is 0 Å². The van der Waals surface area contributed by atoms with E-state index >= 15 is 0 Å². The van der Waals surface area contributed by atoms with E-state index in [0.717, 1.165) is 24.3 Å². The van der Waals surface area contributed by atoms with Crippen molar-refractivity contribution in [3.63, 3.8) is 0 Å². The van der Waals surface area contributed by atoms with Gasteiger partial charge in [0.2, 0.25) is 0 Å². The Morgan fingerprint density at radius 3 is 1.36 bits per heavy atom. The predicted molar refractivity (Wildman–Crippen MR) is 59.8 cm³/mol. The van der Waals surface area contributed by atoms with Gasteiger partial charge in [-0.15, -0.1) is 0 Å². The third-order valence-corrected chi connectivity index (χ3v) is 4.04. The summed E-state index contributed by atoms with van der Waals surface area (Å²) < 4.78 is 0. The Hall–Kier alpha value is 0.540. The molecule has 4 N–H and O–H groups in total. The lowest BCUT2D eigenvalue weighted by Gasteiger charge is -2.04. The van der Waals surface area contributed by atoms with Crippen LogP contribution in [0.3, 0.4) is 0 Å². The average Bonchev–Trinajstić information content (AvgIpc) is 2.08. The molecule has 0 bridgehead atoms. The summed E-state index contributed by atoms with van der Waals surface area (Å²) in [5.41, 5.74) is 0. The summed E-state index contributed by atoms with van der Waals surface area (Å²) in [6.45, 7) is 0. The van der Waals surface area contributed by atoms with E-state index in [2.05, 4.69) is 0 Å². The van der Waals surface area contributed by atoms with Crippen molar-refractivity contribution in [2.75, 3.05) is 11.5 Å². The van der Waals surface area contributed by atoms with Gasteiger partial charge >= 0.3 is 0 Å². The standard InChI is InChI=1S/C8H18O4S2/c9-7(10)3-1-5-13-14-6-2-4-8(11)12/h7-12H,1-6H2. The van der Waals surface area contributed by atoms with Crippen LogP contribution in [-0.2, 0) is 0 Å². The lowest BCUT2D eigenvalue weighted by molar-refractivity contribution is -0.0458. The van der Waals surface area contributed by atoms with Gasteiger partial charge in [-0.05, 0) is 25.7 Å². The Bertz CT molecular complexity index is 108. The highest BCUT2D eigenvalue weighted by Gasteiger charge is 1.99. The van der Waals surface area contributed by atoms with Crippen molar-refractivity contribution < 1.29 is 20.4 Å². The summed E-state index contributed by atoms with van der Waals surface area (Å²) in [7, 11) is 3.36. The van der Waals surface area contributed by atoms with E-state index in [1.807, 2.05) is 0 Å². The molecule has 0 spiro atoms.